The second kappa shape index (κ2) is 18.9. The lowest BCUT2D eigenvalue weighted by Crippen LogP contribution is -2.61. The average molecular weight is 713 g/mol. The number of aromatic hydroxyl groups is 1. The molecule has 6 atom stereocenters. The summed E-state index contributed by atoms with van der Waals surface area (Å²) >= 11 is 0. The van der Waals surface area contributed by atoms with Gasteiger partial charge in [-0.05, 0) is 79.9 Å². The van der Waals surface area contributed by atoms with Crippen LogP contribution in [0.25, 0.3) is 0 Å². The van der Waals surface area contributed by atoms with Crippen LogP contribution in [0.15, 0.2) is 24.3 Å². The van der Waals surface area contributed by atoms with Crippen LogP contribution in [0.3, 0.4) is 0 Å². The largest absolute Gasteiger partial charge is 0.508 e. The smallest absolute Gasteiger partial charge is 0.245 e. The molecule has 3 rings (SSSR count). The zero-order valence-electron chi connectivity index (χ0n) is 31.6. The Hall–Kier alpha value is -4.16. The first-order valence-electron chi connectivity index (χ1n) is 18.5. The number of fused-ring (bicyclic) bond motifs is 1. The minimum atomic E-state index is -1.13. The Morgan fingerprint density at radius 2 is 0.941 bits per heavy atom. The molecule has 2 aliphatic heterocycles. The number of hydrogen-bond donors (Lipinski definition) is 6. The van der Waals surface area contributed by atoms with Gasteiger partial charge in [0, 0.05) is 13.0 Å². The fourth-order valence-electron chi connectivity index (χ4n) is 6.74. The van der Waals surface area contributed by atoms with E-state index in [1.165, 1.54) is 17.0 Å². The summed E-state index contributed by atoms with van der Waals surface area (Å²) in [5.74, 6) is -3.03. The highest BCUT2D eigenvalue weighted by Gasteiger charge is 2.41. The van der Waals surface area contributed by atoms with Crippen LogP contribution >= 0.6 is 0 Å². The van der Waals surface area contributed by atoms with Crippen LogP contribution in [-0.4, -0.2) is 88.2 Å². The molecule has 2 aliphatic rings. The molecular weight excluding hydrogens is 652 g/mol. The van der Waals surface area contributed by atoms with Crippen molar-refractivity contribution in [2.45, 2.75) is 137 Å². The first-order chi connectivity index (χ1) is 23.9. The van der Waals surface area contributed by atoms with Crippen molar-refractivity contribution in [3.8, 4) is 5.75 Å². The third kappa shape index (κ3) is 12.5. The number of carbonyl (C=O) groups excluding carboxylic acids is 6. The molecule has 1 aromatic carbocycles. The molecule has 0 radical (unpaired) electrons. The molecule has 0 saturated carbocycles. The van der Waals surface area contributed by atoms with Crippen molar-refractivity contribution in [2.75, 3.05) is 6.54 Å². The van der Waals surface area contributed by atoms with E-state index in [1.54, 1.807) is 12.1 Å². The minimum absolute atomic E-state index is 0.000719. The number of nitrogens with zero attached hydrogens (tertiary/aromatic N) is 1. The number of hydrogen-bond acceptors (Lipinski definition) is 7. The molecule has 2 fully saturated rings. The number of nitrogens with one attached hydrogen (secondary N) is 5. The van der Waals surface area contributed by atoms with Crippen LogP contribution in [0.4, 0.5) is 0 Å². The molecule has 51 heavy (non-hydrogen) atoms. The molecule has 1 aromatic rings. The van der Waals surface area contributed by atoms with E-state index in [1.807, 2.05) is 55.4 Å². The zero-order chi connectivity index (χ0) is 38.0. The van der Waals surface area contributed by atoms with Crippen LogP contribution in [0.5, 0.6) is 5.75 Å². The first-order valence-corrected chi connectivity index (χ1v) is 18.5. The van der Waals surface area contributed by atoms with E-state index in [0.29, 0.717) is 37.8 Å². The molecule has 2 saturated heterocycles. The number of benzene rings is 1. The molecule has 0 aliphatic carbocycles. The molecule has 0 bridgehead atoms. The van der Waals surface area contributed by atoms with E-state index in [0.717, 1.165) is 0 Å². The van der Waals surface area contributed by atoms with Gasteiger partial charge in [-0.3, -0.25) is 28.8 Å². The predicted molar refractivity (Wildman–Crippen MR) is 194 cm³/mol. The summed E-state index contributed by atoms with van der Waals surface area (Å²) in [6, 6.07) is 0.287. The molecular formula is C38H60N6O7. The summed E-state index contributed by atoms with van der Waals surface area (Å²) in [6.45, 7) is 15.7. The van der Waals surface area contributed by atoms with E-state index in [-0.39, 0.29) is 48.7 Å². The molecule has 13 nitrogen and oxygen atoms in total. The van der Waals surface area contributed by atoms with Gasteiger partial charge in [-0.25, -0.2) is 0 Å². The highest BCUT2D eigenvalue weighted by atomic mass is 16.3. The fraction of sp³-hybridized carbons (Fsp3) is 0.684. The summed E-state index contributed by atoms with van der Waals surface area (Å²) < 4.78 is 0. The highest BCUT2D eigenvalue weighted by molar-refractivity contribution is 5.98. The van der Waals surface area contributed by atoms with Crippen molar-refractivity contribution < 1.29 is 33.9 Å². The molecule has 13 heteroatoms. The fourth-order valence-corrected chi connectivity index (χ4v) is 6.74. The standard InChI is InChI=1S/C38H60N6O7/c1-21(2)16-27-33(46)40-29(18-23(5)6)35(48)43-31(19-24(7)8)38(51)44-15-9-10-32(44)37(50)42-30(20-25-11-13-26(45)14-12-25)36(49)41-28(17-22(3)4)34(47)39-27/h11-14,21-24,27-32,45H,9-10,15-20H2,1-8H3,(H,39,47)(H,40,46)(H,41,49)(H,42,50)(H,43,48)/t27-,28+,29-,30-,31-,32-/m0/s1. The Balaban J connectivity index is 2.11. The Bertz CT molecular complexity index is 1380. The summed E-state index contributed by atoms with van der Waals surface area (Å²) in [7, 11) is 0. The Labute approximate surface area is 302 Å². The van der Waals surface area contributed by atoms with Gasteiger partial charge in [-0.15, -0.1) is 0 Å². The molecule has 0 spiro atoms. The van der Waals surface area contributed by atoms with Gasteiger partial charge in [0.05, 0.1) is 0 Å². The predicted octanol–water partition coefficient (Wildman–Crippen LogP) is 2.55. The molecule has 2 heterocycles. The van der Waals surface area contributed by atoms with Gasteiger partial charge in [-0.2, -0.15) is 0 Å². The quantitative estimate of drug-likeness (QED) is 0.215. The number of carbonyl (C=O) groups is 6. The van der Waals surface area contributed by atoms with E-state index in [2.05, 4.69) is 26.6 Å². The van der Waals surface area contributed by atoms with E-state index in [9.17, 15) is 33.9 Å². The van der Waals surface area contributed by atoms with Gasteiger partial charge in [0.25, 0.3) is 0 Å². The van der Waals surface area contributed by atoms with E-state index >= 15 is 0 Å². The van der Waals surface area contributed by atoms with Gasteiger partial charge >= 0.3 is 0 Å². The van der Waals surface area contributed by atoms with Crippen LogP contribution in [0.1, 0.15) is 99.5 Å². The first kappa shape index (κ1) is 41.3. The van der Waals surface area contributed by atoms with Gasteiger partial charge in [0.1, 0.15) is 42.0 Å². The summed E-state index contributed by atoms with van der Waals surface area (Å²) in [5.41, 5.74) is 0.656. The molecule has 284 valence electrons. The van der Waals surface area contributed by atoms with Crippen molar-refractivity contribution in [1.82, 2.24) is 31.5 Å². The summed E-state index contributed by atoms with van der Waals surface area (Å²) in [5, 5.41) is 24.1. The van der Waals surface area contributed by atoms with Crippen molar-refractivity contribution >= 4 is 35.4 Å². The molecule has 6 N–H and O–H groups in total. The van der Waals surface area contributed by atoms with Crippen LogP contribution in [0.2, 0.25) is 0 Å². The maximum absolute atomic E-state index is 14.2. The zero-order valence-corrected chi connectivity index (χ0v) is 31.6. The minimum Gasteiger partial charge on any atom is -0.508 e. The second-order valence-electron chi connectivity index (χ2n) is 15.9. The van der Waals surface area contributed by atoms with Crippen molar-refractivity contribution in [2.24, 2.45) is 23.7 Å². The lowest BCUT2D eigenvalue weighted by atomic mass is 9.97. The lowest BCUT2D eigenvalue weighted by molar-refractivity contribution is -0.143. The van der Waals surface area contributed by atoms with Crippen molar-refractivity contribution in [1.29, 1.82) is 0 Å². The second-order valence-corrected chi connectivity index (χ2v) is 15.9. The SMILES string of the molecule is CC(C)C[C@@H]1NC(=O)[C@H](CC(C)C)NC(=O)[C@@H](CC(C)C)NC(=O)[C@H](Cc2ccc(O)cc2)NC(=O)[C@@H]2CCCN2C(=O)[C@H](CC(C)C)NC1=O. The van der Waals surface area contributed by atoms with E-state index < -0.39 is 71.7 Å². The summed E-state index contributed by atoms with van der Waals surface area (Å²) in [4.78, 5) is 85.3. The molecule has 6 amide bonds. The number of phenolic OH excluding ortho intramolecular Hbond substituents is 1. The topological polar surface area (TPSA) is 186 Å². The number of rotatable bonds is 10. The third-order valence-electron chi connectivity index (χ3n) is 9.19. The average Bonchev–Trinajstić information content (AvgIpc) is 3.52. The number of phenols is 1. The lowest BCUT2D eigenvalue weighted by Gasteiger charge is -2.32. The normalized spacial score (nSPS) is 26.0. The number of amides is 6. The van der Waals surface area contributed by atoms with Gasteiger partial charge < -0.3 is 36.6 Å². The maximum atomic E-state index is 14.2. The van der Waals surface area contributed by atoms with Gasteiger partial charge in [0.15, 0.2) is 0 Å². The Morgan fingerprint density at radius 1 is 0.569 bits per heavy atom. The highest BCUT2D eigenvalue weighted by Crippen LogP contribution is 2.22. The van der Waals surface area contributed by atoms with Crippen LogP contribution < -0.4 is 26.6 Å². The summed E-state index contributed by atoms with van der Waals surface area (Å²) in [6.07, 6.45) is 2.12. The molecule has 0 unspecified atom stereocenters. The molecule has 0 aromatic heterocycles. The maximum Gasteiger partial charge on any atom is 0.245 e. The monoisotopic (exact) mass is 712 g/mol. The Kier molecular flexibility index (Phi) is 15.3. The van der Waals surface area contributed by atoms with Crippen LogP contribution in [0, 0.1) is 23.7 Å². The van der Waals surface area contributed by atoms with Crippen LogP contribution in [-0.2, 0) is 35.2 Å². The Morgan fingerprint density at radius 3 is 1.37 bits per heavy atom. The van der Waals surface area contributed by atoms with Gasteiger partial charge in [-0.1, -0.05) is 67.5 Å². The van der Waals surface area contributed by atoms with Crippen molar-refractivity contribution in [3.63, 3.8) is 0 Å². The third-order valence-corrected chi connectivity index (χ3v) is 9.19. The van der Waals surface area contributed by atoms with E-state index in [4.69, 9.17) is 0 Å². The van der Waals surface area contributed by atoms with Crippen molar-refractivity contribution in [3.05, 3.63) is 29.8 Å². The van der Waals surface area contributed by atoms with Gasteiger partial charge in [0.2, 0.25) is 35.4 Å².